The number of nitrogens with one attached hydrogen (secondary N) is 2. The van der Waals surface area contributed by atoms with Crippen molar-refractivity contribution in [1.29, 1.82) is 0 Å². The molecule has 0 aromatic carbocycles. The highest BCUT2D eigenvalue weighted by Crippen LogP contribution is 2.12. The van der Waals surface area contributed by atoms with Crippen molar-refractivity contribution in [1.82, 2.24) is 15.5 Å². The number of primary amides is 1. The molecule has 1 atom stereocenters. The Hall–Kier alpha value is -2.16. The lowest BCUT2D eigenvalue weighted by molar-refractivity contribution is -0.145. The Bertz CT molecular complexity index is 477. The van der Waals surface area contributed by atoms with Gasteiger partial charge in [0.25, 0.3) is 0 Å². The summed E-state index contributed by atoms with van der Waals surface area (Å²) in [5.74, 6) is -2.69. The first-order valence-electron chi connectivity index (χ1n) is 6.98. The zero-order chi connectivity index (χ0) is 16.9. The van der Waals surface area contributed by atoms with E-state index in [1.54, 1.807) is 13.8 Å². The van der Waals surface area contributed by atoms with E-state index in [9.17, 15) is 19.2 Å². The second kappa shape index (κ2) is 7.21. The van der Waals surface area contributed by atoms with E-state index in [-0.39, 0.29) is 25.3 Å². The Morgan fingerprint density at radius 3 is 2.64 bits per heavy atom. The van der Waals surface area contributed by atoms with Crippen molar-refractivity contribution < 1.29 is 24.3 Å². The lowest BCUT2D eigenvalue weighted by Gasteiger charge is -2.37. The van der Waals surface area contributed by atoms with Crippen LogP contribution in [0.3, 0.4) is 0 Å². The molecule has 9 nitrogen and oxygen atoms in total. The second-order valence-corrected chi connectivity index (χ2v) is 5.74. The standard InChI is InChI=1S/C13H22N4O5/c1-13(2)12(22)17(6-5-15-13)7-10(19)16-8(11(20)21)3-4-9(14)18/h8,15H,3-7H2,1-2H3,(H2,14,18)(H,16,19)(H,20,21). The fourth-order valence-corrected chi connectivity index (χ4v) is 2.18. The molecule has 0 spiro atoms. The van der Waals surface area contributed by atoms with Gasteiger partial charge in [-0.25, -0.2) is 4.79 Å². The fraction of sp³-hybridized carbons (Fsp3) is 0.692. The maximum atomic E-state index is 12.1. The van der Waals surface area contributed by atoms with E-state index in [0.29, 0.717) is 13.1 Å². The van der Waals surface area contributed by atoms with Gasteiger partial charge in [-0.15, -0.1) is 0 Å². The molecule has 1 aliphatic heterocycles. The molecular weight excluding hydrogens is 292 g/mol. The van der Waals surface area contributed by atoms with Crippen molar-refractivity contribution in [3.8, 4) is 0 Å². The number of piperazine rings is 1. The van der Waals surface area contributed by atoms with Gasteiger partial charge in [-0.05, 0) is 20.3 Å². The van der Waals surface area contributed by atoms with Gasteiger partial charge in [0.1, 0.15) is 6.04 Å². The summed E-state index contributed by atoms with van der Waals surface area (Å²) in [7, 11) is 0. The zero-order valence-electron chi connectivity index (χ0n) is 12.7. The maximum absolute atomic E-state index is 12.1. The number of nitrogens with two attached hydrogens (primary N) is 1. The molecule has 1 unspecified atom stereocenters. The number of aliphatic carboxylic acids is 1. The molecular formula is C13H22N4O5. The Kier molecular flexibility index (Phi) is 5.86. The lowest BCUT2D eigenvalue weighted by Crippen LogP contribution is -2.62. The summed E-state index contributed by atoms with van der Waals surface area (Å²) in [5, 5.41) is 14.4. The average Bonchev–Trinajstić information content (AvgIpc) is 2.39. The Morgan fingerprint density at radius 2 is 2.09 bits per heavy atom. The van der Waals surface area contributed by atoms with Crippen LogP contribution in [-0.4, -0.2) is 64.9 Å². The van der Waals surface area contributed by atoms with Crippen LogP contribution in [0.4, 0.5) is 0 Å². The number of nitrogens with zero attached hydrogens (tertiary/aromatic N) is 1. The Morgan fingerprint density at radius 1 is 1.45 bits per heavy atom. The molecule has 0 aromatic heterocycles. The number of rotatable bonds is 7. The number of carboxylic acids is 1. The van der Waals surface area contributed by atoms with Gasteiger partial charge in [0.15, 0.2) is 0 Å². The summed E-state index contributed by atoms with van der Waals surface area (Å²) >= 11 is 0. The van der Waals surface area contributed by atoms with Crippen molar-refractivity contribution in [3.63, 3.8) is 0 Å². The van der Waals surface area contributed by atoms with Crippen molar-refractivity contribution in [2.75, 3.05) is 19.6 Å². The maximum Gasteiger partial charge on any atom is 0.326 e. The quantitative estimate of drug-likeness (QED) is 0.429. The number of carbonyl (C=O) groups is 4. The molecule has 1 fully saturated rings. The van der Waals surface area contributed by atoms with E-state index < -0.39 is 29.4 Å². The molecule has 1 aliphatic rings. The van der Waals surface area contributed by atoms with Crippen LogP contribution < -0.4 is 16.4 Å². The zero-order valence-corrected chi connectivity index (χ0v) is 12.7. The van der Waals surface area contributed by atoms with E-state index in [4.69, 9.17) is 10.8 Å². The van der Waals surface area contributed by atoms with Crippen LogP contribution in [0.15, 0.2) is 0 Å². The number of hydrogen-bond acceptors (Lipinski definition) is 5. The summed E-state index contributed by atoms with van der Waals surface area (Å²) in [6.45, 7) is 4.13. The molecule has 0 aromatic rings. The third-order valence-electron chi connectivity index (χ3n) is 3.42. The molecule has 1 saturated heterocycles. The summed E-state index contributed by atoms with van der Waals surface area (Å²) in [4.78, 5) is 47.2. The Labute approximate surface area is 128 Å². The van der Waals surface area contributed by atoms with Crippen molar-refractivity contribution in [2.45, 2.75) is 38.3 Å². The highest BCUT2D eigenvalue weighted by atomic mass is 16.4. The number of carbonyl (C=O) groups excluding carboxylic acids is 3. The van der Waals surface area contributed by atoms with Gasteiger partial charge in [0, 0.05) is 19.5 Å². The third-order valence-corrected chi connectivity index (χ3v) is 3.42. The summed E-state index contributed by atoms with van der Waals surface area (Å²) in [5.41, 5.74) is 4.21. The number of carboxylic acid groups (broad SMARTS) is 1. The highest BCUT2D eigenvalue weighted by Gasteiger charge is 2.36. The highest BCUT2D eigenvalue weighted by molar-refractivity contribution is 5.91. The van der Waals surface area contributed by atoms with Gasteiger partial charge in [-0.2, -0.15) is 0 Å². The predicted molar refractivity (Wildman–Crippen MR) is 76.7 cm³/mol. The summed E-state index contributed by atoms with van der Waals surface area (Å²) in [6, 6.07) is -1.20. The third kappa shape index (κ3) is 4.99. The number of amides is 3. The van der Waals surface area contributed by atoms with E-state index in [1.807, 2.05) is 0 Å². The van der Waals surface area contributed by atoms with Gasteiger partial charge in [0.05, 0.1) is 12.1 Å². The molecule has 22 heavy (non-hydrogen) atoms. The van der Waals surface area contributed by atoms with Gasteiger partial charge in [0.2, 0.25) is 17.7 Å². The smallest absolute Gasteiger partial charge is 0.326 e. The minimum atomic E-state index is -1.25. The van der Waals surface area contributed by atoms with Crippen molar-refractivity contribution >= 4 is 23.7 Å². The lowest BCUT2D eigenvalue weighted by atomic mass is 10.0. The van der Waals surface area contributed by atoms with Gasteiger partial charge < -0.3 is 26.4 Å². The van der Waals surface area contributed by atoms with Crippen LogP contribution in [-0.2, 0) is 19.2 Å². The molecule has 5 N–H and O–H groups in total. The van der Waals surface area contributed by atoms with E-state index >= 15 is 0 Å². The first-order chi connectivity index (χ1) is 10.1. The normalized spacial score (nSPS) is 18.6. The van der Waals surface area contributed by atoms with E-state index in [1.165, 1.54) is 4.90 Å². The minimum Gasteiger partial charge on any atom is -0.480 e. The number of hydrogen-bond donors (Lipinski definition) is 4. The molecule has 1 heterocycles. The molecule has 0 saturated carbocycles. The van der Waals surface area contributed by atoms with E-state index in [2.05, 4.69) is 10.6 Å². The molecule has 9 heteroatoms. The van der Waals surface area contributed by atoms with Gasteiger partial charge in [-0.3, -0.25) is 14.4 Å². The van der Waals surface area contributed by atoms with Gasteiger partial charge >= 0.3 is 5.97 Å². The molecule has 124 valence electrons. The van der Waals surface area contributed by atoms with Crippen LogP contribution in [0.2, 0.25) is 0 Å². The SMILES string of the molecule is CC1(C)NCCN(CC(=O)NC(CCC(N)=O)C(=O)O)C1=O. The van der Waals surface area contributed by atoms with Crippen LogP contribution >= 0.6 is 0 Å². The van der Waals surface area contributed by atoms with Crippen LogP contribution in [0.1, 0.15) is 26.7 Å². The first kappa shape index (κ1) is 17.9. The topological polar surface area (TPSA) is 142 Å². The van der Waals surface area contributed by atoms with Crippen LogP contribution in [0.5, 0.6) is 0 Å². The minimum absolute atomic E-state index is 0.0859. The van der Waals surface area contributed by atoms with Crippen LogP contribution in [0, 0.1) is 0 Å². The van der Waals surface area contributed by atoms with Crippen LogP contribution in [0.25, 0.3) is 0 Å². The van der Waals surface area contributed by atoms with Crippen molar-refractivity contribution in [3.05, 3.63) is 0 Å². The predicted octanol–water partition coefficient (Wildman–Crippen LogP) is -1.97. The second-order valence-electron chi connectivity index (χ2n) is 5.74. The molecule has 1 rings (SSSR count). The van der Waals surface area contributed by atoms with Crippen molar-refractivity contribution in [2.24, 2.45) is 5.73 Å². The molecule has 0 aliphatic carbocycles. The summed E-state index contributed by atoms with van der Waals surface area (Å²) in [6.07, 6.45) is -0.228. The monoisotopic (exact) mass is 314 g/mol. The Balaban J connectivity index is 2.58. The van der Waals surface area contributed by atoms with Gasteiger partial charge in [-0.1, -0.05) is 0 Å². The fourth-order valence-electron chi connectivity index (χ4n) is 2.18. The molecule has 0 radical (unpaired) electrons. The molecule has 0 bridgehead atoms. The first-order valence-corrected chi connectivity index (χ1v) is 6.98. The molecule has 3 amide bonds. The largest absolute Gasteiger partial charge is 0.480 e. The average molecular weight is 314 g/mol. The summed E-state index contributed by atoms with van der Waals surface area (Å²) < 4.78 is 0. The van der Waals surface area contributed by atoms with E-state index in [0.717, 1.165) is 0 Å².